The number of carbonyl (C=O) groups excluding carboxylic acids is 1. The lowest BCUT2D eigenvalue weighted by Gasteiger charge is -2.25. The van der Waals surface area contributed by atoms with Crippen LogP contribution in [0.25, 0.3) is 0 Å². The number of carboxylic acid groups (broad SMARTS) is 1. The molecule has 20 heavy (non-hydrogen) atoms. The first-order chi connectivity index (χ1) is 9.23. The van der Waals surface area contributed by atoms with Gasteiger partial charge in [-0.05, 0) is 26.2 Å². The maximum Gasteiger partial charge on any atom is 0.308 e. The Hall–Kier alpha value is -1.10. The van der Waals surface area contributed by atoms with Gasteiger partial charge < -0.3 is 14.7 Å². The van der Waals surface area contributed by atoms with Crippen molar-refractivity contribution in [3.05, 3.63) is 0 Å². The van der Waals surface area contributed by atoms with Crippen LogP contribution in [0.15, 0.2) is 0 Å². The SMILES string of the molecule is CC(C)CC(=O)N(CCCOC(C)C)CC(C)C(=O)O. The summed E-state index contributed by atoms with van der Waals surface area (Å²) in [5, 5.41) is 8.98. The van der Waals surface area contributed by atoms with E-state index in [1.165, 1.54) is 0 Å². The van der Waals surface area contributed by atoms with E-state index in [0.717, 1.165) is 6.42 Å². The number of rotatable bonds is 10. The van der Waals surface area contributed by atoms with Crippen molar-refractivity contribution in [2.75, 3.05) is 19.7 Å². The molecule has 0 radical (unpaired) electrons. The van der Waals surface area contributed by atoms with Gasteiger partial charge in [0.15, 0.2) is 0 Å². The van der Waals surface area contributed by atoms with E-state index >= 15 is 0 Å². The molecule has 0 aliphatic heterocycles. The quantitative estimate of drug-likeness (QED) is 0.627. The summed E-state index contributed by atoms with van der Waals surface area (Å²) < 4.78 is 5.45. The van der Waals surface area contributed by atoms with Crippen LogP contribution in [0.1, 0.15) is 47.5 Å². The van der Waals surface area contributed by atoms with E-state index in [9.17, 15) is 9.59 Å². The lowest BCUT2D eigenvalue weighted by Crippen LogP contribution is -2.38. The van der Waals surface area contributed by atoms with Gasteiger partial charge in [-0.3, -0.25) is 9.59 Å². The first-order valence-electron chi connectivity index (χ1n) is 7.36. The maximum absolute atomic E-state index is 12.1. The summed E-state index contributed by atoms with van der Waals surface area (Å²) in [6.07, 6.45) is 1.36. The van der Waals surface area contributed by atoms with Gasteiger partial charge in [0, 0.05) is 26.1 Å². The van der Waals surface area contributed by atoms with Crippen molar-refractivity contribution < 1.29 is 19.4 Å². The fraction of sp³-hybridized carbons (Fsp3) is 0.867. The van der Waals surface area contributed by atoms with Crippen LogP contribution >= 0.6 is 0 Å². The molecule has 5 heteroatoms. The predicted octanol–water partition coefficient (Wildman–Crippen LogP) is 2.40. The third kappa shape index (κ3) is 8.91. The van der Waals surface area contributed by atoms with E-state index in [1.54, 1.807) is 11.8 Å². The van der Waals surface area contributed by atoms with Gasteiger partial charge in [-0.15, -0.1) is 0 Å². The Labute approximate surface area is 122 Å². The summed E-state index contributed by atoms with van der Waals surface area (Å²) >= 11 is 0. The normalized spacial score (nSPS) is 12.8. The fourth-order valence-electron chi connectivity index (χ4n) is 1.78. The van der Waals surface area contributed by atoms with Crippen molar-refractivity contribution in [1.29, 1.82) is 0 Å². The van der Waals surface area contributed by atoms with Gasteiger partial charge in [-0.25, -0.2) is 0 Å². The van der Waals surface area contributed by atoms with Crippen LogP contribution in [-0.4, -0.2) is 47.7 Å². The first kappa shape index (κ1) is 18.9. The van der Waals surface area contributed by atoms with E-state index in [4.69, 9.17) is 9.84 Å². The van der Waals surface area contributed by atoms with Crippen molar-refractivity contribution in [1.82, 2.24) is 4.90 Å². The van der Waals surface area contributed by atoms with Gasteiger partial charge in [-0.1, -0.05) is 20.8 Å². The zero-order valence-corrected chi connectivity index (χ0v) is 13.4. The smallest absolute Gasteiger partial charge is 0.308 e. The lowest BCUT2D eigenvalue weighted by atomic mass is 10.1. The number of carbonyl (C=O) groups is 2. The average Bonchev–Trinajstić information content (AvgIpc) is 2.31. The lowest BCUT2D eigenvalue weighted by molar-refractivity contribution is -0.143. The summed E-state index contributed by atoms with van der Waals surface area (Å²) in [7, 11) is 0. The van der Waals surface area contributed by atoms with Crippen LogP contribution in [0, 0.1) is 11.8 Å². The Balaban J connectivity index is 4.38. The molecule has 0 aliphatic carbocycles. The topological polar surface area (TPSA) is 66.8 Å². The number of ether oxygens (including phenoxy) is 1. The number of hydrogen-bond donors (Lipinski definition) is 1. The maximum atomic E-state index is 12.1. The fourth-order valence-corrected chi connectivity index (χ4v) is 1.78. The molecule has 1 amide bonds. The Kier molecular flexibility index (Phi) is 9.21. The summed E-state index contributed by atoms with van der Waals surface area (Å²) in [6.45, 7) is 10.9. The van der Waals surface area contributed by atoms with E-state index < -0.39 is 11.9 Å². The summed E-state index contributed by atoms with van der Waals surface area (Å²) in [5.41, 5.74) is 0. The van der Waals surface area contributed by atoms with Gasteiger partial charge in [0.05, 0.1) is 12.0 Å². The van der Waals surface area contributed by atoms with Crippen molar-refractivity contribution >= 4 is 11.9 Å². The molecule has 5 nitrogen and oxygen atoms in total. The van der Waals surface area contributed by atoms with Gasteiger partial charge in [0.1, 0.15) is 0 Å². The highest BCUT2D eigenvalue weighted by molar-refractivity contribution is 5.77. The third-order valence-corrected chi connectivity index (χ3v) is 2.87. The molecule has 1 atom stereocenters. The Bertz CT molecular complexity index is 302. The molecule has 0 aromatic heterocycles. The minimum atomic E-state index is -0.870. The molecule has 0 bridgehead atoms. The Morgan fingerprint density at radius 3 is 2.20 bits per heavy atom. The van der Waals surface area contributed by atoms with Crippen LogP contribution in [0.4, 0.5) is 0 Å². The number of hydrogen-bond acceptors (Lipinski definition) is 3. The molecule has 0 saturated carbocycles. The Morgan fingerprint density at radius 1 is 1.15 bits per heavy atom. The minimum absolute atomic E-state index is 0.0256. The van der Waals surface area contributed by atoms with Crippen molar-refractivity contribution in [2.24, 2.45) is 11.8 Å². The van der Waals surface area contributed by atoms with E-state index in [0.29, 0.717) is 19.6 Å². The van der Waals surface area contributed by atoms with E-state index in [1.807, 2.05) is 27.7 Å². The van der Waals surface area contributed by atoms with Gasteiger partial charge in [-0.2, -0.15) is 0 Å². The van der Waals surface area contributed by atoms with Crippen LogP contribution in [0.5, 0.6) is 0 Å². The minimum Gasteiger partial charge on any atom is -0.481 e. The zero-order chi connectivity index (χ0) is 15.7. The van der Waals surface area contributed by atoms with Crippen molar-refractivity contribution in [2.45, 2.75) is 53.6 Å². The van der Waals surface area contributed by atoms with Crippen LogP contribution in [0.3, 0.4) is 0 Å². The van der Waals surface area contributed by atoms with E-state index in [-0.39, 0.29) is 24.5 Å². The molecular weight excluding hydrogens is 258 g/mol. The second-order valence-electron chi connectivity index (χ2n) is 5.95. The molecule has 0 aromatic rings. The van der Waals surface area contributed by atoms with Crippen LogP contribution in [-0.2, 0) is 14.3 Å². The second kappa shape index (κ2) is 9.75. The van der Waals surface area contributed by atoms with Gasteiger partial charge in [0.25, 0.3) is 0 Å². The molecule has 0 fully saturated rings. The van der Waals surface area contributed by atoms with Gasteiger partial charge >= 0.3 is 5.97 Å². The number of nitrogens with zero attached hydrogens (tertiary/aromatic N) is 1. The molecule has 0 aliphatic rings. The number of amides is 1. The largest absolute Gasteiger partial charge is 0.481 e. The summed E-state index contributed by atoms with van der Waals surface area (Å²) in [5.74, 6) is -1.11. The highest BCUT2D eigenvalue weighted by Crippen LogP contribution is 2.09. The number of carboxylic acids is 1. The van der Waals surface area contributed by atoms with Crippen molar-refractivity contribution in [3.8, 4) is 0 Å². The van der Waals surface area contributed by atoms with Crippen molar-refractivity contribution in [3.63, 3.8) is 0 Å². The van der Waals surface area contributed by atoms with Crippen LogP contribution in [0.2, 0.25) is 0 Å². The average molecular weight is 287 g/mol. The predicted molar refractivity (Wildman–Crippen MR) is 78.5 cm³/mol. The molecule has 1 unspecified atom stereocenters. The molecule has 0 heterocycles. The second-order valence-corrected chi connectivity index (χ2v) is 5.95. The highest BCUT2D eigenvalue weighted by atomic mass is 16.5. The Morgan fingerprint density at radius 2 is 1.75 bits per heavy atom. The molecule has 0 spiro atoms. The van der Waals surface area contributed by atoms with Crippen LogP contribution < -0.4 is 0 Å². The third-order valence-electron chi connectivity index (χ3n) is 2.87. The molecule has 0 saturated heterocycles. The monoisotopic (exact) mass is 287 g/mol. The first-order valence-corrected chi connectivity index (χ1v) is 7.36. The molecule has 118 valence electrons. The number of aliphatic carboxylic acids is 1. The molecule has 0 rings (SSSR count). The summed E-state index contributed by atoms with van der Waals surface area (Å²) in [4.78, 5) is 24.7. The van der Waals surface area contributed by atoms with Gasteiger partial charge in [0.2, 0.25) is 5.91 Å². The zero-order valence-electron chi connectivity index (χ0n) is 13.4. The standard InChI is InChI=1S/C15H29NO4/c1-11(2)9-14(17)16(10-13(5)15(18)19)7-6-8-20-12(3)4/h11-13H,6-10H2,1-5H3,(H,18,19). The summed E-state index contributed by atoms with van der Waals surface area (Å²) in [6, 6.07) is 0. The highest BCUT2D eigenvalue weighted by Gasteiger charge is 2.20. The molecular formula is C15H29NO4. The molecule has 0 aromatic carbocycles. The van der Waals surface area contributed by atoms with E-state index in [2.05, 4.69) is 0 Å². The molecule has 1 N–H and O–H groups in total.